The van der Waals surface area contributed by atoms with Crippen molar-refractivity contribution in [2.45, 2.75) is 26.6 Å². The van der Waals surface area contributed by atoms with Gasteiger partial charge >= 0.3 is 0 Å². The molecule has 1 N–H and O–H groups in total. The van der Waals surface area contributed by atoms with Gasteiger partial charge in [0, 0.05) is 6.54 Å². The van der Waals surface area contributed by atoms with Crippen molar-refractivity contribution in [2.24, 2.45) is 0 Å². The predicted octanol–water partition coefficient (Wildman–Crippen LogP) is 4.46. The molecule has 0 aliphatic heterocycles. The molecule has 0 aliphatic carbocycles. The standard InChI is InChI=1S/C20H21NO2/c1-16-6-2-3-8-18(16)15-23-19-9-4-7-17(12-19)13-21-14-20-10-5-11-22-20/h2-12,21H,13-15H2,1H3. The number of ether oxygens (including phenoxy) is 1. The lowest BCUT2D eigenvalue weighted by Gasteiger charge is -2.10. The maximum atomic E-state index is 5.92. The van der Waals surface area contributed by atoms with E-state index in [1.165, 1.54) is 16.7 Å². The average Bonchev–Trinajstić information content (AvgIpc) is 3.08. The van der Waals surface area contributed by atoms with Crippen LogP contribution in [-0.4, -0.2) is 0 Å². The molecule has 0 bridgehead atoms. The first kappa shape index (κ1) is 15.4. The Labute approximate surface area is 136 Å². The minimum absolute atomic E-state index is 0.593. The van der Waals surface area contributed by atoms with E-state index < -0.39 is 0 Å². The third-order valence-electron chi connectivity index (χ3n) is 3.76. The average molecular weight is 307 g/mol. The highest BCUT2D eigenvalue weighted by Crippen LogP contribution is 2.16. The van der Waals surface area contributed by atoms with Crippen LogP contribution in [0.4, 0.5) is 0 Å². The molecule has 3 heteroatoms. The molecule has 0 radical (unpaired) electrons. The van der Waals surface area contributed by atoms with Crippen molar-refractivity contribution in [1.82, 2.24) is 5.32 Å². The molecule has 0 spiro atoms. The molecule has 1 heterocycles. The molecular formula is C20H21NO2. The molecule has 0 saturated carbocycles. The van der Waals surface area contributed by atoms with Crippen molar-refractivity contribution >= 4 is 0 Å². The van der Waals surface area contributed by atoms with Crippen molar-refractivity contribution in [1.29, 1.82) is 0 Å². The van der Waals surface area contributed by atoms with Crippen molar-refractivity contribution in [2.75, 3.05) is 0 Å². The summed E-state index contributed by atoms with van der Waals surface area (Å²) in [5.74, 6) is 1.84. The van der Waals surface area contributed by atoms with E-state index in [-0.39, 0.29) is 0 Å². The lowest BCUT2D eigenvalue weighted by Crippen LogP contribution is -2.12. The van der Waals surface area contributed by atoms with E-state index in [0.29, 0.717) is 6.61 Å². The van der Waals surface area contributed by atoms with E-state index in [1.54, 1.807) is 6.26 Å². The summed E-state index contributed by atoms with van der Waals surface area (Å²) >= 11 is 0. The number of aryl methyl sites for hydroxylation is 1. The molecule has 1 aromatic heterocycles. The Hall–Kier alpha value is -2.52. The number of hydrogen-bond donors (Lipinski definition) is 1. The largest absolute Gasteiger partial charge is 0.489 e. The summed E-state index contributed by atoms with van der Waals surface area (Å²) in [4.78, 5) is 0. The molecule has 0 saturated heterocycles. The van der Waals surface area contributed by atoms with Gasteiger partial charge in [0.2, 0.25) is 0 Å². The van der Waals surface area contributed by atoms with Gasteiger partial charge in [0.1, 0.15) is 18.1 Å². The van der Waals surface area contributed by atoms with Crippen molar-refractivity contribution in [3.05, 3.63) is 89.4 Å². The fourth-order valence-electron chi connectivity index (χ4n) is 2.42. The quantitative estimate of drug-likeness (QED) is 0.700. The molecule has 3 nitrogen and oxygen atoms in total. The number of furan rings is 1. The van der Waals surface area contributed by atoms with Crippen LogP contribution in [0.25, 0.3) is 0 Å². The molecule has 118 valence electrons. The second-order valence-corrected chi connectivity index (χ2v) is 5.55. The summed E-state index contributed by atoms with van der Waals surface area (Å²) in [6.45, 7) is 4.20. The van der Waals surface area contributed by atoms with Crippen molar-refractivity contribution in [3.8, 4) is 5.75 Å². The predicted molar refractivity (Wildman–Crippen MR) is 91.2 cm³/mol. The number of benzene rings is 2. The Bertz CT molecular complexity index is 735. The van der Waals surface area contributed by atoms with Gasteiger partial charge in [0.15, 0.2) is 0 Å². The van der Waals surface area contributed by atoms with E-state index >= 15 is 0 Å². The van der Waals surface area contributed by atoms with Crippen LogP contribution in [0.2, 0.25) is 0 Å². The summed E-state index contributed by atoms with van der Waals surface area (Å²) in [7, 11) is 0. The lowest BCUT2D eigenvalue weighted by molar-refractivity contribution is 0.305. The van der Waals surface area contributed by atoms with Crippen LogP contribution in [0.3, 0.4) is 0 Å². The Kier molecular flexibility index (Phi) is 5.12. The molecule has 0 unspecified atom stereocenters. The monoisotopic (exact) mass is 307 g/mol. The molecule has 2 aromatic carbocycles. The topological polar surface area (TPSA) is 34.4 Å². The molecule has 3 rings (SSSR count). The minimum Gasteiger partial charge on any atom is -0.489 e. The zero-order chi connectivity index (χ0) is 15.9. The molecule has 0 atom stereocenters. The van der Waals surface area contributed by atoms with E-state index in [2.05, 4.69) is 36.5 Å². The van der Waals surface area contributed by atoms with Crippen molar-refractivity contribution in [3.63, 3.8) is 0 Å². The zero-order valence-electron chi connectivity index (χ0n) is 13.3. The summed E-state index contributed by atoms with van der Waals surface area (Å²) in [5, 5.41) is 3.36. The molecule has 0 fully saturated rings. The second-order valence-electron chi connectivity index (χ2n) is 5.55. The molecule has 23 heavy (non-hydrogen) atoms. The summed E-state index contributed by atoms with van der Waals surface area (Å²) in [6, 6.07) is 20.4. The summed E-state index contributed by atoms with van der Waals surface area (Å²) < 4.78 is 11.2. The van der Waals surface area contributed by atoms with Gasteiger partial charge < -0.3 is 14.5 Å². The number of nitrogens with one attached hydrogen (secondary N) is 1. The first-order valence-corrected chi connectivity index (χ1v) is 7.80. The van der Waals surface area contributed by atoms with Crippen LogP contribution in [0, 0.1) is 6.92 Å². The first-order chi connectivity index (χ1) is 11.3. The minimum atomic E-state index is 0.593. The highest BCUT2D eigenvalue weighted by molar-refractivity contribution is 5.30. The van der Waals surface area contributed by atoms with E-state index in [1.807, 2.05) is 36.4 Å². The van der Waals surface area contributed by atoms with Gasteiger partial charge in [0.05, 0.1) is 12.8 Å². The fraction of sp³-hybridized carbons (Fsp3) is 0.200. The van der Waals surface area contributed by atoms with Gasteiger partial charge in [-0.3, -0.25) is 0 Å². The summed E-state index contributed by atoms with van der Waals surface area (Å²) in [5.41, 5.74) is 3.66. The Morgan fingerprint density at radius 3 is 2.70 bits per heavy atom. The third kappa shape index (κ3) is 4.47. The van der Waals surface area contributed by atoms with Crippen LogP contribution < -0.4 is 10.1 Å². The molecule has 0 amide bonds. The fourth-order valence-corrected chi connectivity index (χ4v) is 2.42. The lowest BCUT2D eigenvalue weighted by atomic mass is 10.1. The normalized spacial score (nSPS) is 10.7. The first-order valence-electron chi connectivity index (χ1n) is 7.80. The molecule has 3 aromatic rings. The highest BCUT2D eigenvalue weighted by atomic mass is 16.5. The SMILES string of the molecule is Cc1ccccc1COc1cccc(CNCc2ccco2)c1. The van der Waals surface area contributed by atoms with Gasteiger partial charge in [0.25, 0.3) is 0 Å². The maximum absolute atomic E-state index is 5.92. The van der Waals surface area contributed by atoms with Crippen molar-refractivity contribution < 1.29 is 9.15 Å². The van der Waals surface area contributed by atoms with Gasteiger partial charge in [-0.2, -0.15) is 0 Å². The van der Waals surface area contributed by atoms with Gasteiger partial charge in [-0.1, -0.05) is 36.4 Å². The second kappa shape index (κ2) is 7.65. The molecule has 0 aliphatic rings. The van der Waals surface area contributed by atoms with Crippen LogP contribution in [0.5, 0.6) is 5.75 Å². The number of hydrogen-bond acceptors (Lipinski definition) is 3. The zero-order valence-corrected chi connectivity index (χ0v) is 13.3. The maximum Gasteiger partial charge on any atom is 0.120 e. The van der Waals surface area contributed by atoms with Crippen LogP contribution in [-0.2, 0) is 19.7 Å². The van der Waals surface area contributed by atoms with Gasteiger partial charge in [-0.15, -0.1) is 0 Å². The van der Waals surface area contributed by atoms with Gasteiger partial charge in [-0.25, -0.2) is 0 Å². The Morgan fingerprint density at radius 2 is 1.87 bits per heavy atom. The number of rotatable bonds is 7. The summed E-state index contributed by atoms with van der Waals surface area (Å²) in [6.07, 6.45) is 1.69. The van der Waals surface area contributed by atoms with Crippen LogP contribution in [0.15, 0.2) is 71.3 Å². The van der Waals surface area contributed by atoms with E-state index in [4.69, 9.17) is 9.15 Å². The van der Waals surface area contributed by atoms with E-state index in [9.17, 15) is 0 Å². The van der Waals surface area contributed by atoms with E-state index in [0.717, 1.165) is 24.6 Å². The Morgan fingerprint density at radius 1 is 0.957 bits per heavy atom. The van der Waals surface area contributed by atoms with Gasteiger partial charge in [-0.05, 0) is 47.9 Å². The smallest absolute Gasteiger partial charge is 0.120 e. The van der Waals surface area contributed by atoms with Crippen LogP contribution in [0.1, 0.15) is 22.5 Å². The molecular weight excluding hydrogens is 286 g/mol. The Balaban J connectivity index is 1.53. The van der Waals surface area contributed by atoms with Crippen LogP contribution >= 0.6 is 0 Å². The third-order valence-corrected chi connectivity index (χ3v) is 3.76. The highest BCUT2D eigenvalue weighted by Gasteiger charge is 2.01.